The van der Waals surface area contributed by atoms with Crippen LogP contribution in [0.1, 0.15) is 29.2 Å². The summed E-state index contributed by atoms with van der Waals surface area (Å²) in [6, 6.07) is 12.9. The summed E-state index contributed by atoms with van der Waals surface area (Å²) in [5, 5.41) is 1.04. The van der Waals surface area contributed by atoms with Crippen LogP contribution in [0.4, 0.5) is 4.39 Å². The number of hydrogen-bond donors (Lipinski definition) is 0. The van der Waals surface area contributed by atoms with Crippen LogP contribution in [0.2, 0.25) is 0 Å². The Bertz CT molecular complexity index is 1080. The zero-order valence-electron chi connectivity index (χ0n) is 17.0. The standard InChI is InChI=1S/C22H26FN2O3P/c1-16-8-9-17(14-20(16)23)22-11-13-27-29(26,28-22)25-15-18(10-12-24(2)3)19-6-4-5-7-21(19)25/h4-9,14-15,22H,10-13H2,1-3H3. The molecular formula is C22H26FN2O3P. The van der Waals surface area contributed by atoms with Crippen molar-refractivity contribution in [2.75, 3.05) is 27.2 Å². The Morgan fingerprint density at radius 3 is 2.79 bits per heavy atom. The van der Waals surface area contributed by atoms with Gasteiger partial charge in [-0.1, -0.05) is 30.3 Å². The minimum atomic E-state index is -3.61. The maximum atomic E-state index is 14.0. The number of rotatable bonds is 5. The smallest absolute Gasteiger partial charge is 0.309 e. The summed E-state index contributed by atoms with van der Waals surface area (Å²) in [6.45, 7) is 2.89. The highest BCUT2D eigenvalue weighted by Gasteiger charge is 2.37. The molecule has 154 valence electrons. The summed E-state index contributed by atoms with van der Waals surface area (Å²) in [6.07, 6.45) is 2.76. The second-order valence-corrected chi connectivity index (χ2v) is 9.60. The Kier molecular flexibility index (Phi) is 5.63. The van der Waals surface area contributed by atoms with Gasteiger partial charge in [0.2, 0.25) is 0 Å². The minimum absolute atomic E-state index is 0.287. The van der Waals surface area contributed by atoms with E-state index in [1.165, 1.54) is 6.07 Å². The molecular weight excluding hydrogens is 390 g/mol. The second kappa shape index (κ2) is 8.04. The average Bonchev–Trinajstić information content (AvgIpc) is 3.08. The highest BCUT2D eigenvalue weighted by molar-refractivity contribution is 7.52. The number of aromatic nitrogens is 1. The molecule has 1 aliphatic rings. The summed E-state index contributed by atoms with van der Waals surface area (Å²) in [4.78, 5) is 2.11. The molecule has 3 aromatic rings. The van der Waals surface area contributed by atoms with Crippen LogP contribution in [0.3, 0.4) is 0 Å². The Hall–Kier alpha value is -1.98. The van der Waals surface area contributed by atoms with E-state index in [2.05, 4.69) is 4.90 Å². The first-order chi connectivity index (χ1) is 13.9. The fraction of sp³-hybridized carbons (Fsp3) is 0.364. The zero-order chi connectivity index (χ0) is 20.6. The van der Waals surface area contributed by atoms with E-state index in [9.17, 15) is 8.96 Å². The normalized spacial score (nSPS) is 22.4. The number of para-hydroxylation sites is 1. The van der Waals surface area contributed by atoms with Gasteiger partial charge in [-0.2, -0.15) is 0 Å². The minimum Gasteiger partial charge on any atom is -0.309 e. The molecule has 29 heavy (non-hydrogen) atoms. The topological polar surface area (TPSA) is 43.7 Å². The molecule has 5 nitrogen and oxygen atoms in total. The van der Waals surface area contributed by atoms with E-state index in [0.29, 0.717) is 17.5 Å². The van der Waals surface area contributed by atoms with Crippen LogP contribution >= 0.6 is 7.75 Å². The SMILES string of the molecule is Cc1ccc(C2CCOP(=O)(n3cc(CCN(C)C)c4ccccc43)O2)cc1F. The average molecular weight is 416 g/mol. The van der Waals surface area contributed by atoms with Gasteiger partial charge >= 0.3 is 7.75 Å². The van der Waals surface area contributed by atoms with Crippen LogP contribution in [0.25, 0.3) is 10.9 Å². The van der Waals surface area contributed by atoms with Crippen molar-refractivity contribution in [3.05, 3.63) is 71.2 Å². The van der Waals surface area contributed by atoms with E-state index in [1.54, 1.807) is 17.3 Å². The van der Waals surface area contributed by atoms with Crippen molar-refractivity contribution in [1.29, 1.82) is 0 Å². The van der Waals surface area contributed by atoms with Crippen molar-refractivity contribution in [2.24, 2.45) is 0 Å². The van der Waals surface area contributed by atoms with Crippen molar-refractivity contribution < 1.29 is 18.0 Å². The highest BCUT2D eigenvalue weighted by Crippen LogP contribution is 2.58. The summed E-state index contributed by atoms with van der Waals surface area (Å²) in [5.41, 5.74) is 3.17. The van der Waals surface area contributed by atoms with Crippen molar-refractivity contribution in [2.45, 2.75) is 25.9 Å². The zero-order valence-corrected chi connectivity index (χ0v) is 17.9. The van der Waals surface area contributed by atoms with E-state index in [0.717, 1.165) is 29.4 Å². The van der Waals surface area contributed by atoms with Crippen molar-refractivity contribution in [3.8, 4) is 0 Å². The van der Waals surface area contributed by atoms with Crippen LogP contribution in [0, 0.1) is 12.7 Å². The molecule has 1 aromatic heterocycles. The second-order valence-electron chi connectivity index (χ2n) is 7.76. The van der Waals surface area contributed by atoms with E-state index >= 15 is 0 Å². The lowest BCUT2D eigenvalue weighted by molar-refractivity contribution is 0.0769. The van der Waals surface area contributed by atoms with Gasteiger partial charge in [0.05, 0.1) is 18.2 Å². The monoisotopic (exact) mass is 416 g/mol. The van der Waals surface area contributed by atoms with Crippen molar-refractivity contribution in [3.63, 3.8) is 0 Å². The quantitative estimate of drug-likeness (QED) is 0.528. The van der Waals surface area contributed by atoms with E-state index in [4.69, 9.17) is 9.05 Å². The maximum absolute atomic E-state index is 14.0. The molecule has 1 saturated heterocycles. The lowest BCUT2D eigenvalue weighted by Gasteiger charge is -2.30. The summed E-state index contributed by atoms with van der Waals surface area (Å²) in [5.74, 6) is -0.287. The molecule has 0 radical (unpaired) electrons. The first-order valence-corrected chi connectivity index (χ1v) is 11.3. The number of halogens is 1. The molecule has 2 unspecified atom stereocenters. The third-order valence-electron chi connectivity index (χ3n) is 5.33. The van der Waals surface area contributed by atoms with Gasteiger partial charge in [-0.25, -0.2) is 8.96 Å². The number of fused-ring (bicyclic) bond motifs is 1. The molecule has 0 saturated carbocycles. The van der Waals surface area contributed by atoms with Crippen molar-refractivity contribution in [1.82, 2.24) is 9.24 Å². The third kappa shape index (κ3) is 4.03. The van der Waals surface area contributed by atoms with E-state index < -0.39 is 13.9 Å². The Balaban J connectivity index is 1.70. The predicted molar refractivity (Wildman–Crippen MR) is 113 cm³/mol. The van der Waals surface area contributed by atoms with Crippen molar-refractivity contribution >= 4 is 18.6 Å². The molecule has 1 fully saturated rings. The summed E-state index contributed by atoms with van der Waals surface area (Å²) < 4.78 is 41.1. The van der Waals surface area contributed by atoms with Gasteiger partial charge in [0.1, 0.15) is 5.82 Å². The van der Waals surface area contributed by atoms with Gasteiger partial charge in [-0.15, -0.1) is 0 Å². The molecule has 2 heterocycles. The summed E-state index contributed by atoms with van der Waals surface area (Å²) >= 11 is 0. The lowest BCUT2D eigenvalue weighted by Crippen LogP contribution is -2.17. The van der Waals surface area contributed by atoms with Crippen LogP contribution in [0.15, 0.2) is 48.7 Å². The fourth-order valence-electron chi connectivity index (χ4n) is 3.65. The van der Waals surface area contributed by atoms with Crippen LogP contribution < -0.4 is 0 Å². The fourth-order valence-corrected chi connectivity index (χ4v) is 5.54. The van der Waals surface area contributed by atoms with Gasteiger partial charge in [0.15, 0.2) is 0 Å². The summed E-state index contributed by atoms with van der Waals surface area (Å²) in [7, 11) is 0.450. The Morgan fingerprint density at radius 1 is 1.24 bits per heavy atom. The number of aryl methyl sites for hydroxylation is 1. The maximum Gasteiger partial charge on any atom is 0.439 e. The first-order valence-electron chi connectivity index (χ1n) is 9.81. The Labute approximate surface area is 170 Å². The number of likely N-dealkylation sites (N-methyl/N-ethyl adjacent to an activating group) is 1. The van der Waals surface area contributed by atoms with Gasteiger partial charge in [0, 0.05) is 24.5 Å². The molecule has 0 amide bonds. The number of nitrogens with zero attached hydrogens (tertiary/aromatic N) is 2. The predicted octanol–water partition coefficient (Wildman–Crippen LogP) is 5.33. The number of benzene rings is 2. The van der Waals surface area contributed by atoms with E-state index in [1.807, 2.05) is 50.6 Å². The largest absolute Gasteiger partial charge is 0.439 e. The molecule has 0 bridgehead atoms. The molecule has 1 aliphatic heterocycles. The van der Waals surface area contributed by atoms with Gasteiger partial charge < -0.3 is 4.90 Å². The van der Waals surface area contributed by atoms with Gasteiger partial charge in [-0.3, -0.25) is 13.4 Å². The van der Waals surface area contributed by atoms with Crippen LogP contribution in [-0.4, -0.2) is 36.5 Å². The number of hydrogen-bond acceptors (Lipinski definition) is 4. The molecule has 7 heteroatoms. The third-order valence-corrected chi connectivity index (χ3v) is 7.22. The Morgan fingerprint density at radius 2 is 2.03 bits per heavy atom. The molecule has 2 aromatic carbocycles. The van der Waals surface area contributed by atoms with Crippen LogP contribution in [-0.2, 0) is 20.0 Å². The molecule has 0 spiro atoms. The van der Waals surface area contributed by atoms with Gasteiger partial charge in [-0.05, 0) is 56.3 Å². The molecule has 4 rings (SSSR count). The highest BCUT2D eigenvalue weighted by atomic mass is 31.2. The lowest BCUT2D eigenvalue weighted by atomic mass is 10.0. The molecule has 2 atom stereocenters. The first kappa shape index (κ1) is 20.3. The van der Waals surface area contributed by atoms with Crippen LogP contribution in [0.5, 0.6) is 0 Å². The van der Waals surface area contributed by atoms with E-state index in [-0.39, 0.29) is 12.4 Å². The molecule has 0 aliphatic carbocycles. The molecule has 0 N–H and O–H groups in total. The van der Waals surface area contributed by atoms with Gasteiger partial charge in [0.25, 0.3) is 0 Å².